The third-order valence-corrected chi connectivity index (χ3v) is 4.98. The Bertz CT molecular complexity index is 995. The summed E-state index contributed by atoms with van der Waals surface area (Å²) in [4.78, 5) is 23.7. The van der Waals surface area contributed by atoms with E-state index >= 15 is 0 Å². The highest BCUT2D eigenvalue weighted by Gasteiger charge is 2.12. The Morgan fingerprint density at radius 3 is 2.50 bits per heavy atom. The van der Waals surface area contributed by atoms with E-state index in [1.807, 2.05) is 50.2 Å². The van der Waals surface area contributed by atoms with Crippen LogP contribution in [0, 0.1) is 13.8 Å². The van der Waals surface area contributed by atoms with E-state index in [0.29, 0.717) is 10.8 Å². The molecule has 0 bridgehead atoms. The Morgan fingerprint density at radius 2 is 1.79 bits per heavy atom. The number of thioether (sulfide) groups is 1. The van der Waals surface area contributed by atoms with Crippen molar-refractivity contribution < 1.29 is 9.59 Å². The van der Waals surface area contributed by atoms with Gasteiger partial charge in [-0.3, -0.25) is 14.2 Å². The smallest absolute Gasteiger partial charge is 0.234 e. The zero-order chi connectivity index (χ0) is 20.1. The Hall–Kier alpha value is -3.13. The molecule has 0 aliphatic carbocycles. The van der Waals surface area contributed by atoms with Crippen LogP contribution in [-0.2, 0) is 9.59 Å². The number of benzene rings is 2. The number of nitrogens with zero attached hydrogens (tertiary/aromatic N) is 3. The Kier molecular flexibility index (Phi) is 6.10. The number of aromatic nitrogens is 3. The number of hydrogen-bond acceptors (Lipinski definition) is 5. The van der Waals surface area contributed by atoms with Crippen LogP contribution >= 0.6 is 11.8 Å². The van der Waals surface area contributed by atoms with Gasteiger partial charge in [0, 0.05) is 18.3 Å². The van der Waals surface area contributed by atoms with E-state index in [1.165, 1.54) is 18.7 Å². The van der Waals surface area contributed by atoms with E-state index in [0.717, 1.165) is 22.5 Å². The van der Waals surface area contributed by atoms with Crippen LogP contribution < -0.4 is 10.6 Å². The summed E-state index contributed by atoms with van der Waals surface area (Å²) in [5, 5.41) is 14.4. The maximum absolute atomic E-state index is 12.4. The van der Waals surface area contributed by atoms with Gasteiger partial charge in [0.15, 0.2) is 5.16 Å². The van der Waals surface area contributed by atoms with E-state index in [2.05, 4.69) is 20.8 Å². The van der Waals surface area contributed by atoms with E-state index in [1.54, 1.807) is 17.0 Å². The van der Waals surface area contributed by atoms with Crippen molar-refractivity contribution in [1.82, 2.24) is 14.8 Å². The lowest BCUT2D eigenvalue weighted by molar-refractivity contribution is -0.114. The first kappa shape index (κ1) is 19.6. The Morgan fingerprint density at radius 1 is 1.07 bits per heavy atom. The van der Waals surface area contributed by atoms with Crippen LogP contribution in [0.2, 0.25) is 0 Å². The summed E-state index contributed by atoms with van der Waals surface area (Å²) < 4.78 is 1.78. The summed E-state index contributed by atoms with van der Waals surface area (Å²) in [6, 6.07) is 13.2. The standard InChI is InChI=1S/C20H21N5O2S/c1-13-6-4-7-14(2)19(13)23-18(27)11-28-20-24-21-12-25(20)17-9-5-8-16(10-17)22-15(3)26/h4-10,12H,11H2,1-3H3,(H,22,26)(H,23,27). The molecule has 0 saturated carbocycles. The van der Waals surface area contributed by atoms with Crippen LogP contribution in [0.4, 0.5) is 11.4 Å². The molecule has 28 heavy (non-hydrogen) atoms. The molecular formula is C20H21N5O2S. The fraction of sp³-hybridized carbons (Fsp3) is 0.200. The molecule has 7 nitrogen and oxygen atoms in total. The molecule has 0 fully saturated rings. The predicted molar refractivity (Wildman–Crippen MR) is 111 cm³/mol. The van der Waals surface area contributed by atoms with Crippen LogP contribution in [0.1, 0.15) is 18.1 Å². The molecule has 0 aliphatic rings. The zero-order valence-corrected chi connectivity index (χ0v) is 16.7. The first-order chi connectivity index (χ1) is 13.4. The van der Waals surface area contributed by atoms with Crippen molar-refractivity contribution in [3.63, 3.8) is 0 Å². The minimum absolute atomic E-state index is 0.107. The lowest BCUT2D eigenvalue weighted by Gasteiger charge is -2.11. The highest BCUT2D eigenvalue weighted by atomic mass is 32.2. The van der Waals surface area contributed by atoms with Crippen LogP contribution in [0.15, 0.2) is 53.9 Å². The Balaban J connectivity index is 1.69. The minimum atomic E-state index is -0.140. The van der Waals surface area contributed by atoms with Gasteiger partial charge in [-0.1, -0.05) is 36.0 Å². The van der Waals surface area contributed by atoms with Gasteiger partial charge in [0.05, 0.1) is 11.4 Å². The molecule has 0 saturated heterocycles. The first-order valence-electron chi connectivity index (χ1n) is 8.71. The minimum Gasteiger partial charge on any atom is -0.326 e. The molecule has 3 aromatic rings. The van der Waals surface area contributed by atoms with Gasteiger partial charge in [0.2, 0.25) is 11.8 Å². The van der Waals surface area contributed by atoms with E-state index in [4.69, 9.17) is 0 Å². The normalized spacial score (nSPS) is 10.5. The number of rotatable bonds is 6. The summed E-state index contributed by atoms with van der Waals surface area (Å²) in [6.07, 6.45) is 1.58. The van der Waals surface area contributed by atoms with Gasteiger partial charge in [0.25, 0.3) is 0 Å². The Labute approximate surface area is 167 Å². The van der Waals surface area contributed by atoms with Gasteiger partial charge >= 0.3 is 0 Å². The van der Waals surface area contributed by atoms with Gasteiger partial charge in [-0.25, -0.2) is 0 Å². The number of anilines is 2. The molecule has 3 rings (SSSR count). The average molecular weight is 395 g/mol. The van der Waals surface area contributed by atoms with Gasteiger partial charge < -0.3 is 10.6 Å². The van der Waals surface area contributed by atoms with Gasteiger partial charge in [0.1, 0.15) is 6.33 Å². The third kappa shape index (κ3) is 4.77. The van der Waals surface area contributed by atoms with Crippen molar-refractivity contribution >= 4 is 35.0 Å². The highest BCUT2D eigenvalue weighted by molar-refractivity contribution is 7.99. The maximum atomic E-state index is 12.4. The van der Waals surface area contributed by atoms with Gasteiger partial charge in [-0.2, -0.15) is 0 Å². The fourth-order valence-corrected chi connectivity index (χ4v) is 3.48. The summed E-state index contributed by atoms with van der Waals surface area (Å²) >= 11 is 1.30. The molecule has 0 unspecified atom stereocenters. The molecule has 2 amide bonds. The number of nitrogens with one attached hydrogen (secondary N) is 2. The summed E-state index contributed by atoms with van der Waals surface area (Å²) in [5.41, 5.74) is 4.38. The number of para-hydroxylation sites is 1. The van der Waals surface area contributed by atoms with E-state index in [9.17, 15) is 9.59 Å². The lowest BCUT2D eigenvalue weighted by atomic mass is 10.1. The largest absolute Gasteiger partial charge is 0.326 e. The average Bonchev–Trinajstić information content (AvgIpc) is 3.11. The molecule has 0 radical (unpaired) electrons. The zero-order valence-electron chi connectivity index (χ0n) is 15.9. The van der Waals surface area contributed by atoms with Crippen LogP contribution in [0.5, 0.6) is 0 Å². The van der Waals surface area contributed by atoms with Crippen molar-refractivity contribution in [2.24, 2.45) is 0 Å². The summed E-state index contributed by atoms with van der Waals surface area (Å²) in [5.74, 6) is -0.0414. The molecular weight excluding hydrogens is 374 g/mol. The second-order valence-electron chi connectivity index (χ2n) is 6.32. The summed E-state index contributed by atoms with van der Waals surface area (Å²) in [7, 11) is 0. The van der Waals surface area contributed by atoms with Gasteiger partial charge in [-0.15, -0.1) is 10.2 Å². The molecule has 2 N–H and O–H groups in total. The van der Waals surface area contributed by atoms with Crippen LogP contribution in [0.25, 0.3) is 5.69 Å². The predicted octanol–water partition coefficient (Wildman–Crippen LogP) is 3.57. The van der Waals surface area contributed by atoms with Crippen molar-refractivity contribution in [3.8, 4) is 5.69 Å². The SMILES string of the molecule is CC(=O)Nc1cccc(-n2cnnc2SCC(=O)Nc2c(C)cccc2C)c1. The monoisotopic (exact) mass is 395 g/mol. The lowest BCUT2D eigenvalue weighted by Crippen LogP contribution is -2.16. The van der Waals surface area contributed by atoms with E-state index in [-0.39, 0.29) is 17.6 Å². The molecule has 0 spiro atoms. The molecule has 1 aromatic heterocycles. The van der Waals surface area contributed by atoms with Crippen LogP contribution in [0.3, 0.4) is 0 Å². The quantitative estimate of drug-likeness (QED) is 0.623. The van der Waals surface area contributed by atoms with Crippen molar-refractivity contribution in [3.05, 3.63) is 59.9 Å². The van der Waals surface area contributed by atoms with Crippen molar-refractivity contribution in [2.45, 2.75) is 25.9 Å². The van der Waals surface area contributed by atoms with Crippen LogP contribution in [-0.4, -0.2) is 32.3 Å². The molecule has 2 aromatic carbocycles. The third-order valence-electron chi connectivity index (χ3n) is 4.04. The number of amides is 2. The fourth-order valence-electron chi connectivity index (χ4n) is 2.75. The molecule has 8 heteroatoms. The summed E-state index contributed by atoms with van der Waals surface area (Å²) in [6.45, 7) is 5.39. The number of carbonyl (C=O) groups is 2. The van der Waals surface area contributed by atoms with Crippen molar-refractivity contribution in [1.29, 1.82) is 0 Å². The number of hydrogen-bond donors (Lipinski definition) is 2. The van der Waals surface area contributed by atoms with Crippen molar-refractivity contribution in [2.75, 3.05) is 16.4 Å². The van der Waals surface area contributed by atoms with Gasteiger partial charge in [-0.05, 0) is 43.2 Å². The topological polar surface area (TPSA) is 88.9 Å². The molecule has 144 valence electrons. The molecule has 1 heterocycles. The second-order valence-corrected chi connectivity index (χ2v) is 7.26. The molecule has 0 aliphatic heterocycles. The number of carbonyl (C=O) groups excluding carboxylic acids is 2. The number of aryl methyl sites for hydroxylation is 2. The highest BCUT2D eigenvalue weighted by Crippen LogP contribution is 2.23. The molecule has 0 atom stereocenters. The first-order valence-corrected chi connectivity index (χ1v) is 9.69. The van der Waals surface area contributed by atoms with E-state index < -0.39 is 0 Å². The maximum Gasteiger partial charge on any atom is 0.234 e. The second kappa shape index (κ2) is 8.71.